The van der Waals surface area contributed by atoms with E-state index in [2.05, 4.69) is 0 Å². The molecule has 1 aromatic rings. The predicted octanol–water partition coefficient (Wildman–Crippen LogP) is 0.679. The molecule has 2 fully saturated rings. The first-order chi connectivity index (χ1) is 11.0. The Hall–Kier alpha value is -2.12. The first-order valence-corrected chi connectivity index (χ1v) is 7.40. The molecule has 0 saturated carbocycles. The highest BCUT2D eigenvalue weighted by Gasteiger charge is 2.85. The standard InChI is InChI=1S/C16H16O7/c1-8-6-11(18)21-14(8)15(7-17)16(23-15)13(19)12-9(20-2)4-3-5-10(12)22-16/h3-5,8,14,17H,6-7H2,1-2H3/t8-,14-,15-,16-/m1/s1. The van der Waals surface area contributed by atoms with Gasteiger partial charge in [0, 0.05) is 5.92 Å². The van der Waals surface area contributed by atoms with Gasteiger partial charge in [-0.25, -0.2) is 0 Å². The summed E-state index contributed by atoms with van der Waals surface area (Å²) in [6.07, 6.45) is -0.514. The van der Waals surface area contributed by atoms with Gasteiger partial charge in [-0.2, -0.15) is 0 Å². The summed E-state index contributed by atoms with van der Waals surface area (Å²) < 4.78 is 21.9. The zero-order valence-electron chi connectivity index (χ0n) is 12.7. The second kappa shape index (κ2) is 4.46. The molecule has 0 radical (unpaired) electrons. The Balaban J connectivity index is 1.75. The second-order valence-corrected chi connectivity index (χ2v) is 6.12. The normalized spacial score (nSPS) is 37.5. The number of cyclic esters (lactones) is 1. The maximum Gasteiger partial charge on any atom is 0.312 e. The molecule has 7 nitrogen and oxygen atoms in total. The van der Waals surface area contributed by atoms with E-state index < -0.39 is 29.9 Å². The van der Waals surface area contributed by atoms with Crippen molar-refractivity contribution in [1.82, 2.24) is 0 Å². The van der Waals surface area contributed by atoms with E-state index in [1.165, 1.54) is 7.11 Å². The van der Waals surface area contributed by atoms with E-state index in [4.69, 9.17) is 18.9 Å². The number of aliphatic hydroxyl groups is 1. The summed E-state index contributed by atoms with van der Waals surface area (Å²) >= 11 is 0. The summed E-state index contributed by atoms with van der Waals surface area (Å²) in [5.41, 5.74) is -1.10. The van der Waals surface area contributed by atoms with E-state index in [-0.39, 0.29) is 23.9 Å². The maximum atomic E-state index is 12.9. The van der Waals surface area contributed by atoms with Crippen LogP contribution in [-0.4, -0.2) is 48.1 Å². The minimum absolute atomic E-state index is 0.184. The fraction of sp³-hybridized carbons (Fsp3) is 0.500. The number of fused-ring (bicyclic) bond motifs is 1. The second-order valence-electron chi connectivity index (χ2n) is 6.12. The van der Waals surface area contributed by atoms with E-state index in [9.17, 15) is 14.7 Å². The number of hydrogen-bond acceptors (Lipinski definition) is 7. The van der Waals surface area contributed by atoms with Crippen molar-refractivity contribution in [3.05, 3.63) is 23.8 Å². The molecule has 7 heteroatoms. The summed E-state index contributed by atoms with van der Waals surface area (Å²) in [6.45, 7) is 1.33. The van der Waals surface area contributed by atoms with Crippen molar-refractivity contribution in [2.24, 2.45) is 5.92 Å². The van der Waals surface area contributed by atoms with Gasteiger partial charge in [0.25, 0.3) is 0 Å². The van der Waals surface area contributed by atoms with Crippen LogP contribution in [0.5, 0.6) is 11.5 Å². The highest BCUT2D eigenvalue weighted by atomic mass is 16.8. The van der Waals surface area contributed by atoms with Gasteiger partial charge in [0.05, 0.1) is 20.1 Å². The number of epoxide rings is 1. The third kappa shape index (κ3) is 1.61. The molecule has 1 aromatic carbocycles. The molecule has 0 unspecified atom stereocenters. The van der Waals surface area contributed by atoms with Gasteiger partial charge in [-0.3, -0.25) is 9.59 Å². The SMILES string of the molecule is COc1cccc2c1C(=O)[C@@]1(O2)O[C@]1(CO)[C@@H]1OC(=O)C[C@H]1C. The van der Waals surface area contributed by atoms with E-state index in [1.54, 1.807) is 18.2 Å². The molecule has 3 aliphatic heterocycles. The average Bonchev–Trinajstić information content (AvgIpc) is 2.93. The molecule has 0 aromatic heterocycles. The molecule has 2 saturated heterocycles. The van der Waals surface area contributed by atoms with E-state index in [0.29, 0.717) is 11.5 Å². The molecule has 0 amide bonds. The zero-order valence-corrected chi connectivity index (χ0v) is 12.7. The third-order valence-corrected chi connectivity index (χ3v) is 4.79. The van der Waals surface area contributed by atoms with Crippen LogP contribution in [0, 0.1) is 5.92 Å². The van der Waals surface area contributed by atoms with Crippen LogP contribution < -0.4 is 9.47 Å². The smallest absolute Gasteiger partial charge is 0.312 e. The molecule has 1 N–H and O–H groups in total. The maximum absolute atomic E-state index is 12.9. The van der Waals surface area contributed by atoms with Crippen molar-refractivity contribution in [3.63, 3.8) is 0 Å². The number of ketones is 1. The molecule has 4 atom stereocenters. The molecule has 23 heavy (non-hydrogen) atoms. The molecular weight excluding hydrogens is 304 g/mol. The third-order valence-electron chi connectivity index (χ3n) is 4.79. The molecule has 122 valence electrons. The summed E-state index contributed by atoms with van der Waals surface area (Å²) in [5.74, 6) is -1.92. The minimum atomic E-state index is -1.65. The Labute approximate surface area is 132 Å². The fourth-order valence-corrected chi connectivity index (χ4v) is 3.63. The number of ether oxygens (including phenoxy) is 4. The number of methoxy groups -OCH3 is 1. The van der Waals surface area contributed by atoms with Crippen molar-refractivity contribution < 1.29 is 33.6 Å². The zero-order chi connectivity index (χ0) is 16.4. The van der Waals surface area contributed by atoms with Gasteiger partial charge in [-0.1, -0.05) is 13.0 Å². The molecule has 0 aliphatic carbocycles. The van der Waals surface area contributed by atoms with Crippen molar-refractivity contribution in [2.75, 3.05) is 13.7 Å². The van der Waals surface area contributed by atoms with Crippen LogP contribution in [0.3, 0.4) is 0 Å². The lowest BCUT2D eigenvalue weighted by molar-refractivity contribution is -0.145. The van der Waals surface area contributed by atoms with Gasteiger partial charge < -0.3 is 24.1 Å². The van der Waals surface area contributed by atoms with Crippen molar-refractivity contribution in [3.8, 4) is 11.5 Å². The topological polar surface area (TPSA) is 94.6 Å². The Morgan fingerprint density at radius 2 is 2.17 bits per heavy atom. The van der Waals surface area contributed by atoms with Crippen LogP contribution in [0.2, 0.25) is 0 Å². The monoisotopic (exact) mass is 320 g/mol. The number of Topliss-reactive ketones (excluding diaryl/α,β-unsaturated/α-hetero) is 1. The van der Waals surface area contributed by atoms with Crippen molar-refractivity contribution in [2.45, 2.75) is 30.8 Å². The molecule has 1 spiro atoms. The Kier molecular flexibility index (Phi) is 2.80. The highest BCUT2D eigenvalue weighted by molar-refractivity contribution is 6.11. The van der Waals surface area contributed by atoms with Crippen molar-refractivity contribution in [1.29, 1.82) is 0 Å². The number of hydrogen-bond donors (Lipinski definition) is 1. The highest BCUT2D eigenvalue weighted by Crippen LogP contribution is 2.61. The lowest BCUT2D eigenvalue weighted by atomic mass is 9.86. The summed E-state index contributed by atoms with van der Waals surface area (Å²) in [5, 5.41) is 9.89. The number of esters is 1. The van der Waals surface area contributed by atoms with Crippen LogP contribution in [0.1, 0.15) is 23.7 Å². The molecule has 3 aliphatic rings. The average molecular weight is 320 g/mol. The van der Waals surface area contributed by atoms with Gasteiger partial charge in [-0.15, -0.1) is 0 Å². The first-order valence-electron chi connectivity index (χ1n) is 7.40. The molecule has 4 rings (SSSR count). The number of rotatable bonds is 3. The summed E-state index contributed by atoms with van der Waals surface area (Å²) in [7, 11) is 1.46. The lowest BCUT2D eigenvalue weighted by Gasteiger charge is -2.21. The largest absolute Gasteiger partial charge is 0.496 e. The number of carbonyl (C=O) groups excluding carboxylic acids is 2. The van der Waals surface area contributed by atoms with E-state index in [0.717, 1.165) is 0 Å². The van der Waals surface area contributed by atoms with Crippen LogP contribution in [0.4, 0.5) is 0 Å². The Bertz CT molecular complexity index is 714. The van der Waals surface area contributed by atoms with Gasteiger partial charge in [-0.05, 0) is 12.1 Å². The van der Waals surface area contributed by atoms with Crippen molar-refractivity contribution >= 4 is 11.8 Å². The summed E-state index contributed by atoms with van der Waals surface area (Å²) in [6, 6.07) is 4.99. The predicted molar refractivity (Wildman–Crippen MR) is 75.2 cm³/mol. The lowest BCUT2D eigenvalue weighted by Crippen LogP contribution is -2.47. The van der Waals surface area contributed by atoms with E-state index in [1.807, 2.05) is 6.92 Å². The first kappa shape index (κ1) is 14.5. The van der Waals surface area contributed by atoms with E-state index >= 15 is 0 Å². The van der Waals surface area contributed by atoms with Crippen LogP contribution >= 0.6 is 0 Å². The number of benzene rings is 1. The van der Waals surface area contributed by atoms with Gasteiger partial charge in [0.1, 0.15) is 23.2 Å². The van der Waals surface area contributed by atoms with Crippen LogP contribution in [0.25, 0.3) is 0 Å². The van der Waals surface area contributed by atoms with Crippen LogP contribution in [-0.2, 0) is 14.3 Å². The Morgan fingerprint density at radius 3 is 2.78 bits per heavy atom. The summed E-state index contributed by atoms with van der Waals surface area (Å²) in [4.78, 5) is 24.5. The van der Waals surface area contributed by atoms with Gasteiger partial charge in [0.2, 0.25) is 11.4 Å². The molecule has 3 heterocycles. The Morgan fingerprint density at radius 1 is 1.39 bits per heavy atom. The minimum Gasteiger partial charge on any atom is -0.496 e. The molecular formula is C16H16O7. The van der Waals surface area contributed by atoms with Gasteiger partial charge in [0.15, 0.2) is 0 Å². The van der Waals surface area contributed by atoms with Gasteiger partial charge >= 0.3 is 11.8 Å². The fourth-order valence-electron chi connectivity index (χ4n) is 3.63. The number of carbonyl (C=O) groups is 2. The number of aliphatic hydroxyl groups excluding tert-OH is 1. The molecule has 0 bridgehead atoms. The van der Waals surface area contributed by atoms with Crippen LogP contribution in [0.15, 0.2) is 18.2 Å². The quantitative estimate of drug-likeness (QED) is 0.646.